The smallest absolute Gasteiger partial charge is 0.246 e. The lowest BCUT2D eigenvalue weighted by Gasteiger charge is -2.47. The molecule has 0 bridgehead atoms. The number of rotatable bonds is 2. The van der Waals surface area contributed by atoms with Crippen molar-refractivity contribution in [3.63, 3.8) is 0 Å². The fourth-order valence-electron chi connectivity index (χ4n) is 3.25. The number of nitrogens with zero attached hydrogens (tertiary/aromatic N) is 2. The highest BCUT2D eigenvalue weighted by molar-refractivity contribution is 5.97. The highest BCUT2D eigenvalue weighted by Crippen LogP contribution is 2.36. The molecule has 1 aliphatic carbocycles. The molecule has 4 nitrogen and oxygen atoms in total. The van der Waals surface area contributed by atoms with Crippen LogP contribution in [0.2, 0.25) is 0 Å². The number of carbonyl (C=O) groups excluding carboxylic acids is 2. The molecule has 4 heteroatoms. The summed E-state index contributed by atoms with van der Waals surface area (Å²) in [5.41, 5.74) is 0. The van der Waals surface area contributed by atoms with Crippen molar-refractivity contribution in [1.29, 1.82) is 0 Å². The first-order valence-electron chi connectivity index (χ1n) is 6.86. The van der Waals surface area contributed by atoms with E-state index in [4.69, 9.17) is 0 Å². The van der Waals surface area contributed by atoms with Crippen LogP contribution in [0.1, 0.15) is 45.4 Å². The lowest BCUT2D eigenvalue weighted by molar-refractivity contribution is -0.164. The van der Waals surface area contributed by atoms with E-state index in [1.54, 1.807) is 0 Å². The maximum absolute atomic E-state index is 12.5. The van der Waals surface area contributed by atoms with Gasteiger partial charge in [-0.3, -0.25) is 9.59 Å². The summed E-state index contributed by atoms with van der Waals surface area (Å²) in [6, 6.07) is 0.0458. The number of fused-ring (bicyclic) bond motifs is 1. The molecular formula is C13H20N2O2. The zero-order chi connectivity index (χ0) is 12.0. The van der Waals surface area contributed by atoms with E-state index in [0.717, 1.165) is 45.1 Å². The van der Waals surface area contributed by atoms with Gasteiger partial charge in [-0.2, -0.15) is 0 Å². The van der Waals surface area contributed by atoms with Crippen LogP contribution in [-0.2, 0) is 9.59 Å². The van der Waals surface area contributed by atoms with Crippen LogP contribution in [0.4, 0.5) is 0 Å². The van der Waals surface area contributed by atoms with Gasteiger partial charge in [-0.15, -0.1) is 0 Å². The highest BCUT2D eigenvalue weighted by Gasteiger charge is 2.50. The van der Waals surface area contributed by atoms with Crippen molar-refractivity contribution >= 4 is 11.8 Å². The second-order valence-electron chi connectivity index (χ2n) is 5.44. The quantitative estimate of drug-likeness (QED) is 0.721. The second kappa shape index (κ2) is 4.00. The second-order valence-corrected chi connectivity index (χ2v) is 5.44. The third-order valence-electron chi connectivity index (χ3n) is 4.27. The SMILES string of the molecule is CCC1C(=O)N2CCCCC2C(=O)N1C1CC1. The van der Waals surface area contributed by atoms with Crippen molar-refractivity contribution in [3.8, 4) is 0 Å². The lowest BCUT2D eigenvalue weighted by atomic mass is 9.94. The first kappa shape index (κ1) is 11.1. The Bertz CT molecular complexity index is 351. The van der Waals surface area contributed by atoms with E-state index in [1.807, 2.05) is 16.7 Å². The number of carbonyl (C=O) groups is 2. The van der Waals surface area contributed by atoms with Gasteiger partial charge in [0.1, 0.15) is 12.1 Å². The Morgan fingerprint density at radius 2 is 1.88 bits per heavy atom. The maximum Gasteiger partial charge on any atom is 0.246 e. The lowest BCUT2D eigenvalue weighted by Crippen LogP contribution is -2.66. The van der Waals surface area contributed by atoms with Gasteiger partial charge in [0.05, 0.1) is 0 Å². The molecular weight excluding hydrogens is 216 g/mol. The average Bonchev–Trinajstić information content (AvgIpc) is 3.17. The summed E-state index contributed by atoms with van der Waals surface area (Å²) in [6.07, 6.45) is 5.92. The molecule has 2 atom stereocenters. The third-order valence-corrected chi connectivity index (χ3v) is 4.27. The van der Waals surface area contributed by atoms with Gasteiger partial charge in [0.2, 0.25) is 11.8 Å². The summed E-state index contributed by atoms with van der Waals surface area (Å²) in [6.45, 7) is 2.79. The summed E-state index contributed by atoms with van der Waals surface area (Å²) in [5.74, 6) is 0.419. The Kier molecular flexibility index (Phi) is 2.60. The monoisotopic (exact) mass is 236 g/mol. The van der Waals surface area contributed by atoms with E-state index in [2.05, 4.69) is 0 Å². The first-order chi connectivity index (χ1) is 8.24. The molecule has 2 aliphatic heterocycles. The van der Waals surface area contributed by atoms with Gasteiger partial charge in [0.15, 0.2) is 0 Å². The minimum Gasteiger partial charge on any atom is -0.329 e. The molecule has 2 amide bonds. The van der Waals surface area contributed by atoms with Gasteiger partial charge in [-0.1, -0.05) is 6.92 Å². The molecule has 17 heavy (non-hydrogen) atoms. The van der Waals surface area contributed by atoms with E-state index < -0.39 is 0 Å². The number of piperidine rings is 1. The molecule has 2 heterocycles. The molecule has 2 unspecified atom stereocenters. The Morgan fingerprint density at radius 3 is 2.53 bits per heavy atom. The minimum atomic E-state index is -0.177. The normalized spacial score (nSPS) is 33.9. The standard InChI is InChI=1S/C13H20N2O2/c1-2-10-12(16)14-8-4-3-5-11(14)13(17)15(10)9-6-7-9/h9-11H,2-8H2,1H3. The zero-order valence-corrected chi connectivity index (χ0v) is 10.4. The van der Waals surface area contributed by atoms with E-state index >= 15 is 0 Å². The van der Waals surface area contributed by atoms with Gasteiger partial charge >= 0.3 is 0 Å². The third kappa shape index (κ3) is 1.65. The van der Waals surface area contributed by atoms with Crippen molar-refractivity contribution < 1.29 is 9.59 Å². The molecule has 3 rings (SSSR count). The van der Waals surface area contributed by atoms with Gasteiger partial charge in [0.25, 0.3) is 0 Å². The van der Waals surface area contributed by atoms with Gasteiger partial charge < -0.3 is 9.80 Å². The predicted octanol–water partition coefficient (Wildman–Crippen LogP) is 1.15. The molecule has 0 aromatic carbocycles. The number of piperazine rings is 1. The van der Waals surface area contributed by atoms with Crippen molar-refractivity contribution in [2.45, 2.75) is 63.6 Å². The van der Waals surface area contributed by atoms with Gasteiger partial charge in [0, 0.05) is 12.6 Å². The molecule has 3 aliphatic rings. The van der Waals surface area contributed by atoms with Crippen LogP contribution in [0, 0.1) is 0 Å². The van der Waals surface area contributed by atoms with E-state index in [9.17, 15) is 9.59 Å². The van der Waals surface area contributed by atoms with Crippen LogP contribution < -0.4 is 0 Å². The van der Waals surface area contributed by atoms with E-state index in [-0.39, 0.29) is 23.9 Å². The summed E-state index contributed by atoms with van der Waals surface area (Å²) in [4.78, 5) is 28.7. The summed E-state index contributed by atoms with van der Waals surface area (Å²) >= 11 is 0. The molecule has 0 aromatic rings. The van der Waals surface area contributed by atoms with Gasteiger partial charge in [-0.05, 0) is 38.5 Å². The fourth-order valence-corrected chi connectivity index (χ4v) is 3.25. The van der Waals surface area contributed by atoms with Crippen molar-refractivity contribution in [3.05, 3.63) is 0 Å². The number of hydrogen-bond acceptors (Lipinski definition) is 2. The molecule has 0 N–H and O–H groups in total. The fraction of sp³-hybridized carbons (Fsp3) is 0.846. The van der Waals surface area contributed by atoms with Crippen LogP contribution in [0.25, 0.3) is 0 Å². The van der Waals surface area contributed by atoms with Crippen LogP contribution in [0.3, 0.4) is 0 Å². The summed E-state index contributed by atoms with van der Waals surface area (Å²) < 4.78 is 0. The minimum absolute atomic E-state index is 0.139. The zero-order valence-electron chi connectivity index (χ0n) is 10.4. The molecule has 0 radical (unpaired) electrons. The Morgan fingerprint density at radius 1 is 1.12 bits per heavy atom. The molecule has 94 valence electrons. The summed E-state index contributed by atoms with van der Waals surface area (Å²) in [7, 11) is 0. The molecule has 0 aromatic heterocycles. The van der Waals surface area contributed by atoms with Crippen LogP contribution in [-0.4, -0.2) is 46.3 Å². The average molecular weight is 236 g/mol. The molecule has 3 fully saturated rings. The van der Waals surface area contributed by atoms with E-state index in [1.165, 1.54) is 0 Å². The van der Waals surface area contributed by atoms with E-state index in [0.29, 0.717) is 6.04 Å². The van der Waals surface area contributed by atoms with Crippen molar-refractivity contribution in [1.82, 2.24) is 9.80 Å². The number of amides is 2. The highest BCUT2D eigenvalue weighted by atomic mass is 16.2. The van der Waals surface area contributed by atoms with Crippen molar-refractivity contribution in [2.75, 3.05) is 6.54 Å². The Hall–Kier alpha value is -1.06. The van der Waals surface area contributed by atoms with Crippen LogP contribution >= 0.6 is 0 Å². The topological polar surface area (TPSA) is 40.6 Å². The van der Waals surface area contributed by atoms with Gasteiger partial charge in [-0.25, -0.2) is 0 Å². The molecule has 1 saturated carbocycles. The predicted molar refractivity (Wildman–Crippen MR) is 63.3 cm³/mol. The largest absolute Gasteiger partial charge is 0.329 e. The molecule has 0 spiro atoms. The molecule has 2 saturated heterocycles. The van der Waals surface area contributed by atoms with Crippen LogP contribution in [0.5, 0.6) is 0 Å². The van der Waals surface area contributed by atoms with Crippen molar-refractivity contribution in [2.24, 2.45) is 0 Å². The Balaban J connectivity index is 1.89. The maximum atomic E-state index is 12.5. The summed E-state index contributed by atoms with van der Waals surface area (Å²) in [5, 5.41) is 0. The Labute approximate surface area is 102 Å². The first-order valence-corrected chi connectivity index (χ1v) is 6.86. The number of hydrogen-bond donors (Lipinski definition) is 0. The van der Waals surface area contributed by atoms with Crippen LogP contribution in [0.15, 0.2) is 0 Å².